The van der Waals surface area contributed by atoms with E-state index in [1.165, 1.54) is 19.3 Å². The van der Waals surface area contributed by atoms with Crippen LogP contribution in [0.25, 0.3) is 17.0 Å². The maximum Gasteiger partial charge on any atom is 0.240 e. The summed E-state index contributed by atoms with van der Waals surface area (Å²) < 4.78 is 1.97. The summed E-state index contributed by atoms with van der Waals surface area (Å²) in [6, 6.07) is 13.3. The van der Waals surface area contributed by atoms with E-state index >= 15 is 0 Å². The van der Waals surface area contributed by atoms with Crippen molar-refractivity contribution < 1.29 is 14.4 Å². The van der Waals surface area contributed by atoms with Crippen LogP contribution in [0.1, 0.15) is 70.9 Å². The van der Waals surface area contributed by atoms with Crippen molar-refractivity contribution in [1.82, 2.24) is 9.88 Å². The average Bonchev–Trinajstić information content (AvgIpc) is 3.30. The van der Waals surface area contributed by atoms with Gasteiger partial charge in [0, 0.05) is 34.3 Å². The second-order valence-electron chi connectivity index (χ2n) is 9.04. The van der Waals surface area contributed by atoms with Gasteiger partial charge in [-0.1, -0.05) is 68.7 Å². The number of fused-ring (bicyclic) bond motifs is 2. The van der Waals surface area contributed by atoms with Gasteiger partial charge in [-0.3, -0.25) is 14.4 Å². The lowest BCUT2D eigenvalue weighted by atomic mass is 9.95. The number of ketones is 2. The van der Waals surface area contributed by atoms with E-state index in [4.69, 9.17) is 0 Å². The number of aromatic nitrogens is 1. The lowest BCUT2D eigenvalue weighted by molar-refractivity contribution is -0.122. The zero-order valence-corrected chi connectivity index (χ0v) is 18.9. The summed E-state index contributed by atoms with van der Waals surface area (Å²) in [5.74, 6) is -0.472. The quantitative estimate of drug-likeness (QED) is 0.443. The van der Waals surface area contributed by atoms with Gasteiger partial charge in [-0.15, -0.1) is 0 Å². The average molecular weight is 441 g/mol. The van der Waals surface area contributed by atoms with Crippen LogP contribution < -0.4 is 5.32 Å². The monoisotopic (exact) mass is 440 g/mol. The van der Waals surface area contributed by atoms with Gasteiger partial charge in [-0.05, 0) is 30.9 Å². The van der Waals surface area contributed by atoms with Crippen LogP contribution in [0.5, 0.6) is 0 Å². The number of amides is 1. The number of para-hydroxylation sites is 1. The highest BCUT2D eigenvalue weighted by Gasteiger charge is 2.32. The number of nitrogens with one attached hydrogen (secondary N) is 1. The molecule has 1 aromatic heterocycles. The van der Waals surface area contributed by atoms with Gasteiger partial charge in [0.25, 0.3) is 0 Å². The summed E-state index contributed by atoms with van der Waals surface area (Å²) in [7, 11) is 0. The smallest absolute Gasteiger partial charge is 0.240 e. The Kier molecular flexibility index (Phi) is 5.71. The van der Waals surface area contributed by atoms with Gasteiger partial charge >= 0.3 is 0 Å². The van der Waals surface area contributed by atoms with Crippen molar-refractivity contribution in [3.8, 4) is 0 Å². The van der Waals surface area contributed by atoms with Crippen molar-refractivity contribution in [2.45, 2.75) is 58.0 Å². The van der Waals surface area contributed by atoms with Crippen LogP contribution in [0.4, 0.5) is 0 Å². The van der Waals surface area contributed by atoms with Crippen LogP contribution in [0.15, 0.2) is 54.2 Å². The van der Waals surface area contributed by atoms with Gasteiger partial charge in [0.2, 0.25) is 5.91 Å². The Labute approximate surface area is 193 Å². The molecule has 1 amide bonds. The number of allylic oxidation sites excluding steroid dienone is 1. The van der Waals surface area contributed by atoms with E-state index in [9.17, 15) is 14.4 Å². The summed E-state index contributed by atoms with van der Waals surface area (Å²) >= 11 is 0. The molecule has 0 atom stereocenters. The molecule has 1 heterocycles. The first kappa shape index (κ1) is 21.4. The number of carbonyl (C=O) groups is 3. The molecule has 168 valence electrons. The standard InChI is InChI=1S/C28H28N2O3/c1-2-18-9-8-14-21-19(15-24-27(32)22-12-6-7-13-23(22)28(24)33)16-30(26(18)21)17-25(31)29-20-10-4-3-5-11-20/h6-9,12-16,20H,2-5,10-11,17H2,1H3,(H,29,31). The third-order valence-corrected chi connectivity index (χ3v) is 6.88. The SMILES string of the molecule is CCc1cccc2c(C=C3C(=O)c4ccccc4C3=O)cn(CC(=O)NC3CCCCC3)c12. The fourth-order valence-corrected chi connectivity index (χ4v) is 5.22. The van der Waals surface area contributed by atoms with Crippen molar-refractivity contribution >= 4 is 34.5 Å². The van der Waals surface area contributed by atoms with Gasteiger partial charge in [-0.25, -0.2) is 0 Å². The molecular weight excluding hydrogens is 412 g/mol. The molecule has 3 aromatic rings. The predicted molar refractivity (Wildman–Crippen MR) is 129 cm³/mol. The molecule has 33 heavy (non-hydrogen) atoms. The van der Waals surface area contributed by atoms with Crippen molar-refractivity contribution in [2.24, 2.45) is 0 Å². The van der Waals surface area contributed by atoms with E-state index in [1.54, 1.807) is 30.3 Å². The molecule has 5 heteroatoms. The summed E-state index contributed by atoms with van der Waals surface area (Å²) in [5, 5.41) is 4.14. The van der Waals surface area contributed by atoms with Gasteiger partial charge in [-0.2, -0.15) is 0 Å². The maximum atomic E-state index is 12.9. The topological polar surface area (TPSA) is 68.2 Å². The van der Waals surface area contributed by atoms with Gasteiger partial charge in [0.05, 0.1) is 11.1 Å². The first-order valence-corrected chi connectivity index (χ1v) is 11.9. The van der Waals surface area contributed by atoms with E-state index in [2.05, 4.69) is 18.3 Å². The Morgan fingerprint density at radius 1 is 1.00 bits per heavy atom. The first-order valence-electron chi connectivity index (χ1n) is 11.9. The molecule has 0 aliphatic heterocycles. The molecule has 1 fully saturated rings. The molecule has 2 aliphatic carbocycles. The molecule has 0 unspecified atom stereocenters. The second-order valence-corrected chi connectivity index (χ2v) is 9.04. The lowest BCUT2D eigenvalue weighted by Crippen LogP contribution is -2.38. The van der Waals surface area contributed by atoms with E-state index < -0.39 is 0 Å². The minimum atomic E-state index is -0.238. The predicted octanol–water partition coefficient (Wildman–Crippen LogP) is 5.12. The van der Waals surface area contributed by atoms with Crippen molar-refractivity contribution in [2.75, 3.05) is 0 Å². The van der Waals surface area contributed by atoms with E-state index in [0.29, 0.717) is 11.1 Å². The number of rotatable bonds is 5. The Bertz CT molecular complexity index is 1250. The molecule has 0 spiro atoms. The fraction of sp³-hybridized carbons (Fsp3) is 0.321. The number of carbonyl (C=O) groups excluding carboxylic acids is 3. The number of hydrogen-bond acceptors (Lipinski definition) is 3. The summed E-state index contributed by atoms with van der Waals surface area (Å²) in [6.07, 6.45) is 10.1. The minimum Gasteiger partial charge on any atom is -0.352 e. The van der Waals surface area contributed by atoms with Crippen molar-refractivity contribution in [3.05, 3.63) is 76.5 Å². The Balaban J connectivity index is 1.52. The Morgan fingerprint density at radius 2 is 1.70 bits per heavy atom. The van der Waals surface area contributed by atoms with Crippen LogP contribution in [0.3, 0.4) is 0 Å². The molecule has 5 rings (SSSR count). The number of Topliss-reactive ketones (excluding diaryl/α,β-unsaturated/α-hetero) is 2. The van der Waals surface area contributed by atoms with Crippen molar-refractivity contribution in [3.63, 3.8) is 0 Å². The summed E-state index contributed by atoms with van der Waals surface area (Å²) in [5.41, 5.74) is 4.01. The fourth-order valence-electron chi connectivity index (χ4n) is 5.22. The molecule has 1 N–H and O–H groups in total. The molecule has 0 bridgehead atoms. The molecular formula is C28H28N2O3. The molecule has 2 aliphatic rings. The molecule has 0 saturated heterocycles. The lowest BCUT2D eigenvalue weighted by Gasteiger charge is -2.23. The van der Waals surface area contributed by atoms with E-state index in [0.717, 1.165) is 41.3 Å². The largest absolute Gasteiger partial charge is 0.352 e. The van der Waals surface area contributed by atoms with E-state index in [1.807, 2.05) is 22.9 Å². The molecule has 1 saturated carbocycles. The van der Waals surface area contributed by atoms with Gasteiger partial charge < -0.3 is 9.88 Å². The summed E-state index contributed by atoms with van der Waals surface area (Å²) in [6.45, 7) is 2.31. The normalized spacial score (nSPS) is 16.3. The number of aryl methyl sites for hydroxylation is 1. The summed E-state index contributed by atoms with van der Waals surface area (Å²) in [4.78, 5) is 38.7. The molecule has 0 radical (unpaired) electrons. The zero-order chi connectivity index (χ0) is 22.9. The maximum absolute atomic E-state index is 12.9. The highest BCUT2D eigenvalue weighted by molar-refractivity contribution is 6.41. The van der Waals surface area contributed by atoms with E-state index in [-0.39, 0.29) is 35.6 Å². The minimum absolute atomic E-state index is 0.00401. The third kappa shape index (κ3) is 3.92. The van der Waals surface area contributed by atoms with Gasteiger partial charge in [0.15, 0.2) is 11.6 Å². The first-order chi connectivity index (χ1) is 16.1. The van der Waals surface area contributed by atoms with Crippen LogP contribution in [0.2, 0.25) is 0 Å². The van der Waals surface area contributed by atoms with Crippen LogP contribution in [-0.2, 0) is 17.8 Å². The molecule has 2 aromatic carbocycles. The zero-order valence-electron chi connectivity index (χ0n) is 18.9. The second kappa shape index (κ2) is 8.81. The van der Waals surface area contributed by atoms with Crippen LogP contribution in [-0.4, -0.2) is 28.1 Å². The number of hydrogen-bond donors (Lipinski definition) is 1. The Hall–Kier alpha value is -3.47. The Morgan fingerprint density at radius 3 is 2.36 bits per heavy atom. The number of nitrogens with zero attached hydrogens (tertiary/aromatic N) is 1. The van der Waals surface area contributed by atoms with Gasteiger partial charge in [0.1, 0.15) is 6.54 Å². The van der Waals surface area contributed by atoms with Crippen LogP contribution >= 0.6 is 0 Å². The third-order valence-electron chi connectivity index (χ3n) is 6.88. The van der Waals surface area contributed by atoms with Crippen LogP contribution in [0, 0.1) is 0 Å². The number of benzene rings is 2. The molecule has 5 nitrogen and oxygen atoms in total. The van der Waals surface area contributed by atoms with Crippen molar-refractivity contribution in [1.29, 1.82) is 0 Å². The highest BCUT2D eigenvalue weighted by Crippen LogP contribution is 2.32. The highest BCUT2D eigenvalue weighted by atomic mass is 16.2.